The zero-order valence-electron chi connectivity index (χ0n) is 14.2. The fraction of sp³-hybridized carbons (Fsp3) is 0.350. The number of rotatable bonds is 2. The fourth-order valence-corrected chi connectivity index (χ4v) is 3.41. The van der Waals surface area contributed by atoms with Gasteiger partial charge in [-0.15, -0.1) is 0 Å². The molecule has 23 heavy (non-hydrogen) atoms. The molecule has 0 amide bonds. The summed E-state index contributed by atoms with van der Waals surface area (Å²) in [6.07, 6.45) is 4.73. The van der Waals surface area contributed by atoms with Gasteiger partial charge in [0.05, 0.1) is 11.1 Å². The molecule has 120 valence electrons. The summed E-state index contributed by atoms with van der Waals surface area (Å²) in [6, 6.07) is 7.89. The molecule has 0 saturated heterocycles. The number of nitrogens with zero attached hydrogens (tertiary/aromatic N) is 1. The van der Waals surface area contributed by atoms with Crippen LogP contribution < -0.4 is 10.3 Å². The molecule has 2 unspecified atom stereocenters. The van der Waals surface area contributed by atoms with Gasteiger partial charge in [-0.2, -0.15) is 0 Å². The van der Waals surface area contributed by atoms with Crippen LogP contribution in [0.25, 0.3) is 10.9 Å². The monoisotopic (exact) mass is 309 g/mol. The van der Waals surface area contributed by atoms with Gasteiger partial charge in [-0.25, -0.2) is 0 Å². The smallest absolute Gasteiger partial charge is 0.258 e. The van der Waals surface area contributed by atoms with Gasteiger partial charge in [-0.05, 0) is 39.0 Å². The molecule has 0 saturated carbocycles. The van der Waals surface area contributed by atoms with Crippen LogP contribution >= 0.6 is 0 Å². The Hall–Kier alpha value is -2.29. The molecular formula is C20H23NO2. The largest absolute Gasteiger partial charge is 0.482 e. The van der Waals surface area contributed by atoms with Crippen molar-refractivity contribution in [3.8, 4) is 5.75 Å². The maximum atomic E-state index is 12.9. The molecule has 1 aromatic carbocycles. The van der Waals surface area contributed by atoms with E-state index in [2.05, 4.69) is 26.5 Å². The molecule has 0 aliphatic carbocycles. The third-order valence-corrected chi connectivity index (χ3v) is 4.59. The van der Waals surface area contributed by atoms with Crippen LogP contribution in [0.15, 0.2) is 53.4 Å². The summed E-state index contributed by atoms with van der Waals surface area (Å²) >= 11 is 0. The SMILES string of the molecule is C=CC1(C)CC(C=C(C)C)c2c(c3ccccc3n(C)c2=O)O1. The van der Waals surface area contributed by atoms with Crippen molar-refractivity contribution in [1.29, 1.82) is 0 Å². The lowest BCUT2D eigenvalue weighted by Gasteiger charge is -2.37. The summed E-state index contributed by atoms with van der Waals surface area (Å²) in [5.74, 6) is 0.745. The molecule has 3 nitrogen and oxygen atoms in total. The molecule has 2 heterocycles. The molecule has 1 aliphatic heterocycles. The van der Waals surface area contributed by atoms with Gasteiger partial charge in [0.25, 0.3) is 5.56 Å². The molecule has 2 atom stereocenters. The Morgan fingerprint density at radius 2 is 2.09 bits per heavy atom. The number of hydrogen-bond acceptors (Lipinski definition) is 2. The molecule has 0 N–H and O–H groups in total. The number of hydrogen-bond donors (Lipinski definition) is 0. The standard InChI is InChI=1S/C20H23NO2/c1-6-20(4)12-14(11-13(2)3)17-18(23-20)15-9-7-8-10-16(15)21(5)19(17)22/h6-11,14H,1,12H2,2-5H3. The van der Waals surface area contributed by atoms with Crippen molar-refractivity contribution in [2.24, 2.45) is 7.05 Å². The van der Waals surface area contributed by atoms with Gasteiger partial charge in [0, 0.05) is 24.8 Å². The second kappa shape index (κ2) is 5.41. The summed E-state index contributed by atoms with van der Waals surface area (Å²) in [6.45, 7) is 10.1. The fourth-order valence-electron chi connectivity index (χ4n) is 3.41. The Morgan fingerprint density at radius 1 is 1.39 bits per heavy atom. The first-order valence-corrected chi connectivity index (χ1v) is 7.95. The Balaban J connectivity index is 2.41. The lowest BCUT2D eigenvalue weighted by Crippen LogP contribution is -2.39. The molecule has 0 bridgehead atoms. The van der Waals surface area contributed by atoms with Crippen molar-refractivity contribution in [3.05, 3.63) is 64.5 Å². The third kappa shape index (κ3) is 2.50. The van der Waals surface area contributed by atoms with Crippen LogP contribution in [-0.4, -0.2) is 10.2 Å². The van der Waals surface area contributed by atoms with Crippen molar-refractivity contribution < 1.29 is 4.74 Å². The van der Waals surface area contributed by atoms with Gasteiger partial charge >= 0.3 is 0 Å². The van der Waals surface area contributed by atoms with E-state index in [4.69, 9.17) is 4.74 Å². The van der Waals surface area contributed by atoms with E-state index in [0.29, 0.717) is 5.75 Å². The molecule has 1 aromatic heterocycles. The van der Waals surface area contributed by atoms with E-state index >= 15 is 0 Å². The van der Waals surface area contributed by atoms with Gasteiger partial charge in [-0.3, -0.25) is 4.79 Å². The number of pyridine rings is 1. The van der Waals surface area contributed by atoms with Gasteiger partial charge in [0.1, 0.15) is 11.4 Å². The number of aromatic nitrogens is 1. The molecular weight excluding hydrogens is 286 g/mol. The van der Waals surface area contributed by atoms with Crippen LogP contribution in [0.3, 0.4) is 0 Å². The van der Waals surface area contributed by atoms with Gasteiger partial charge in [0.2, 0.25) is 0 Å². The summed E-state index contributed by atoms with van der Waals surface area (Å²) in [5.41, 5.74) is 2.39. The highest BCUT2D eigenvalue weighted by Gasteiger charge is 2.37. The highest BCUT2D eigenvalue weighted by atomic mass is 16.5. The number of fused-ring (bicyclic) bond motifs is 3. The minimum absolute atomic E-state index is 0.0207. The van der Waals surface area contributed by atoms with Crippen LogP contribution in [0, 0.1) is 0 Å². The predicted molar refractivity (Wildman–Crippen MR) is 95.2 cm³/mol. The molecule has 2 aromatic rings. The average Bonchev–Trinajstić information content (AvgIpc) is 2.51. The average molecular weight is 309 g/mol. The van der Waals surface area contributed by atoms with E-state index < -0.39 is 5.60 Å². The van der Waals surface area contributed by atoms with E-state index in [1.165, 1.54) is 5.57 Å². The Morgan fingerprint density at radius 3 is 2.74 bits per heavy atom. The minimum atomic E-state index is -0.473. The zero-order chi connectivity index (χ0) is 16.8. The van der Waals surface area contributed by atoms with Crippen LogP contribution in [-0.2, 0) is 7.05 Å². The predicted octanol–water partition coefficient (Wildman–Crippen LogP) is 4.32. The molecule has 1 aliphatic rings. The number of para-hydroxylation sites is 1. The lowest BCUT2D eigenvalue weighted by molar-refractivity contribution is 0.109. The summed E-state index contributed by atoms with van der Waals surface area (Å²) < 4.78 is 7.99. The number of ether oxygens (including phenoxy) is 1. The van der Waals surface area contributed by atoms with Crippen molar-refractivity contribution in [3.63, 3.8) is 0 Å². The molecule has 3 rings (SSSR count). The van der Waals surface area contributed by atoms with E-state index in [9.17, 15) is 4.79 Å². The van der Waals surface area contributed by atoms with Gasteiger partial charge in [-0.1, -0.05) is 30.4 Å². The number of allylic oxidation sites excluding steroid dienone is 2. The first kappa shape index (κ1) is 15.6. The van der Waals surface area contributed by atoms with E-state index in [1.54, 1.807) is 4.57 Å². The summed E-state index contributed by atoms with van der Waals surface area (Å²) in [7, 11) is 1.83. The van der Waals surface area contributed by atoms with E-state index in [-0.39, 0.29) is 11.5 Å². The van der Waals surface area contributed by atoms with Crippen molar-refractivity contribution >= 4 is 10.9 Å². The van der Waals surface area contributed by atoms with E-state index in [0.717, 1.165) is 22.9 Å². The highest BCUT2D eigenvalue weighted by Crippen LogP contribution is 2.44. The maximum absolute atomic E-state index is 12.9. The van der Waals surface area contributed by atoms with Crippen molar-refractivity contribution in [2.45, 2.75) is 38.7 Å². The van der Waals surface area contributed by atoms with Gasteiger partial charge < -0.3 is 9.30 Å². The topological polar surface area (TPSA) is 31.2 Å². The van der Waals surface area contributed by atoms with Crippen molar-refractivity contribution in [1.82, 2.24) is 4.57 Å². The first-order valence-electron chi connectivity index (χ1n) is 7.95. The van der Waals surface area contributed by atoms with Crippen LogP contribution in [0.2, 0.25) is 0 Å². The van der Waals surface area contributed by atoms with Gasteiger partial charge in [0.15, 0.2) is 0 Å². The first-order chi connectivity index (χ1) is 10.9. The number of benzene rings is 1. The summed E-state index contributed by atoms with van der Waals surface area (Å²) in [4.78, 5) is 12.9. The van der Waals surface area contributed by atoms with Crippen LogP contribution in [0.5, 0.6) is 5.75 Å². The van der Waals surface area contributed by atoms with E-state index in [1.807, 2.05) is 44.3 Å². The van der Waals surface area contributed by atoms with Crippen LogP contribution in [0.1, 0.15) is 38.7 Å². The molecule has 0 radical (unpaired) electrons. The third-order valence-electron chi connectivity index (χ3n) is 4.59. The van der Waals surface area contributed by atoms with Crippen LogP contribution in [0.4, 0.5) is 0 Å². The van der Waals surface area contributed by atoms with Crippen molar-refractivity contribution in [2.75, 3.05) is 0 Å². The lowest BCUT2D eigenvalue weighted by atomic mass is 9.82. The maximum Gasteiger partial charge on any atom is 0.258 e. The normalized spacial score (nSPS) is 23.0. The second-order valence-corrected chi connectivity index (χ2v) is 6.80. The number of aryl methyl sites for hydroxylation is 1. The molecule has 0 fully saturated rings. The Bertz CT molecular complexity index is 871. The Kier molecular flexibility index (Phi) is 3.67. The highest BCUT2D eigenvalue weighted by molar-refractivity contribution is 5.87. The quantitative estimate of drug-likeness (QED) is 0.774. The Labute approximate surface area is 136 Å². The summed E-state index contributed by atoms with van der Waals surface area (Å²) in [5, 5.41) is 0.976. The molecule has 0 spiro atoms. The minimum Gasteiger partial charge on any atom is -0.482 e. The zero-order valence-corrected chi connectivity index (χ0v) is 14.2. The second-order valence-electron chi connectivity index (χ2n) is 6.80. The molecule has 3 heteroatoms.